The Labute approximate surface area is 204 Å². The maximum atomic E-state index is 12.6. The molecule has 0 saturated carbocycles. The Morgan fingerprint density at radius 3 is 2.38 bits per heavy atom. The molecule has 4 aromatic rings. The van der Waals surface area contributed by atoms with Gasteiger partial charge in [-0.25, -0.2) is 13.0 Å². The summed E-state index contributed by atoms with van der Waals surface area (Å²) < 4.78 is 50.1. The van der Waals surface area contributed by atoms with Crippen LogP contribution in [-0.4, -0.2) is 54.1 Å². The SMILES string of the molecule is O=[N+]([O-])c1ccc(OP(=O)(O)CNS(=O)(=O)c2ccc3c(c2)oc2ccccc23)cc1.[Na]. The average Bonchev–Trinajstić information content (AvgIpc) is 3.10. The molecule has 0 aliphatic carbocycles. The number of hydrogen-bond acceptors (Lipinski definition) is 7. The van der Waals surface area contributed by atoms with Crippen molar-refractivity contribution in [2.45, 2.75) is 4.90 Å². The van der Waals surface area contributed by atoms with Gasteiger partial charge in [0.2, 0.25) is 10.0 Å². The van der Waals surface area contributed by atoms with Gasteiger partial charge < -0.3 is 13.8 Å². The van der Waals surface area contributed by atoms with Crippen molar-refractivity contribution in [2.24, 2.45) is 0 Å². The molecule has 1 unspecified atom stereocenters. The van der Waals surface area contributed by atoms with Gasteiger partial charge in [0.15, 0.2) is 0 Å². The van der Waals surface area contributed by atoms with Crippen LogP contribution in [0, 0.1) is 10.1 Å². The van der Waals surface area contributed by atoms with E-state index in [9.17, 15) is 28.0 Å². The summed E-state index contributed by atoms with van der Waals surface area (Å²) in [6.07, 6.45) is -0.898. The number of sulfonamides is 1. The van der Waals surface area contributed by atoms with E-state index in [1.807, 2.05) is 16.9 Å². The maximum Gasteiger partial charge on any atom is 0.391 e. The molecule has 0 spiro atoms. The summed E-state index contributed by atoms with van der Waals surface area (Å²) in [4.78, 5) is 19.9. The summed E-state index contributed by atoms with van der Waals surface area (Å²) in [5.74, 6) is -0.112. The van der Waals surface area contributed by atoms with E-state index in [1.165, 1.54) is 12.1 Å². The van der Waals surface area contributed by atoms with Gasteiger partial charge in [0.05, 0.1) is 9.82 Å². The number of nitro groups is 1. The molecular formula is C19H15N2NaO8PS. The van der Waals surface area contributed by atoms with Gasteiger partial charge in [-0.1, -0.05) is 18.2 Å². The number of hydrogen-bond donors (Lipinski definition) is 2. The van der Waals surface area contributed by atoms with Crippen molar-refractivity contribution in [3.8, 4) is 5.75 Å². The molecule has 10 nitrogen and oxygen atoms in total. The van der Waals surface area contributed by atoms with E-state index in [1.54, 1.807) is 18.2 Å². The molecule has 0 bridgehead atoms. The first kappa shape index (κ1) is 24.4. The molecule has 0 amide bonds. The van der Waals surface area contributed by atoms with Gasteiger partial charge in [0.25, 0.3) is 5.69 Å². The van der Waals surface area contributed by atoms with Crippen LogP contribution in [0.25, 0.3) is 21.9 Å². The van der Waals surface area contributed by atoms with E-state index >= 15 is 0 Å². The van der Waals surface area contributed by atoms with E-state index < -0.39 is 28.8 Å². The Kier molecular flexibility index (Phi) is 7.11. The summed E-state index contributed by atoms with van der Waals surface area (Å²) >= 11 is 0. The molecule has 13 heteroatoms. The van der Waals surface area contributed by atoms with Crippen LogP contribution < -0.4 is 9.25 Å². The second-order valence-electron chi connectivity index (χ2n) is 6.54. The zero-order valence-corrected chi connectivity index (χ0v) is 20.4. The van der Waals surface area contributed by atoms with Crippen molar-refractivity contribution in [3.63, 3.8) is 0 Å². The monoisotopic (exact) mass is 485 g/mol. The van der Waals surface area contributed by atoms with Crippen LogP contribution in [0.3, 0.4) is 0 Å². The molecule has 1 radical (unpaired) electrons. The predicted molar refractivity (Wildman–Crippen MR) is 118 cm³/mol. The van der Waals surface area contributed by atoms with Crippen molar-refractivity contribution in [1.82, 2.24) is 4.72 Å². The van der Waals surface area contributed by atoms with Gasteiger partial charge in [0.1, 0.15) is 23.2 Å². The number of para-hydroxylation sites is 1. The molecule has 0 aliphatic heterocycles. The minimum Gasteiger partial charge on any atom is -0.456 e. The average molecular weight is 485 g/mol. The number of rotatable bonds is 7. The minimum absolute atomic E-state index is 0. The molecule has 32 heavy (non-hydrogen) atoms. The standard InChI is InChI=1S/C19H15N2O8PS.Na/c22-21(23)13-5-7-14(8-6-13)29-30(24,25)12-20-31(26,27)15-9-10-17-16-3-1-2-4-18(16)28-19(17)11-15;/h1-11,20H,12H2,(H,24,25);. The van der Waals surface area contributed by atoms with Crippen LogP contribution >= 0.6 is 7.60 Å². The number of nitrogens with zero attached hydrogens (tertiary/aromatic N) is 1. The quantitative estimate of drug-likeness (QED) is 0.175. The molecule has 4 rings (SSSR count). The molecular weight excluding hydrogens is 470 g/mol. The van der Waals surface area contributed by atoms with Crippen molar-refractivity contribution >= 4 is 74.8 Å². The maximum absolute atomic E-state index is 12.6. The first-order valence-electron chi connectivity index (χ1n) is 8.81. The number of furan rings is 1. The number of non-ortho nitro benzene ring substituents is 1. The van der Waals surface area contributed by atoms with E-state index in [4.69, 9.17) is 8.94 Å². The zero-order chi connectivity index (χ0) is 22.2. The van der Waals surface area contributed by atoms with Crippen LogP contribution in [0.4, 0.5) is 5.69 Å². The van der Waals surface area contributed by atoms with Gasteiger partial charge in [-0.15, -0.1) is 0 Å². The van der Waals surface area contributed by atoms with Crippen molar-refractivity contribution < 1.29 is 31.7 Å². The molecule has 0 aliphatic rings. The Morgan fingerprint density at radius 1 is 1.03 bits per heavy atom. The van der Waals surface area contributed by atoms with Crippen LogP contribution in [0.2, 0.25) is 0 Å². The van der Waals surface area contributed by atoms with Crippen molar-refractivity contribution in [1.29, 1.82) is 0 Å². The Bertz CT molecular complexity index is 1450. The fourth-order valence-electron chi connectivity index (χ4n) is 2.95. The summed E-state index contributed by atoms with van der Waals surface area (Å²) in [5, 5.41) is 12.2. The number of benzene rings is 3. The molecule has 1 heterocycles. The normalized spacial score (nSPS) is 13.4. The van der Waals surface area contributed by atoms with Crippen LogP contribution in [0.15, 0.2) is 76.0 Å². The second kappa shape index (κ2) is 9.32. The van der Waals surface area contributed by atoms with Gasteiger partial charge >= 0.3 is 7.60 Å². The first-order valence-corrected chi connectivity index (χ1v) is 12.1. The van der Waals surface area contributed by atoms with Crippen LogP contribution in [0.5, 0.6) is 5.75 Å². The smallest absolute Gasteiger partial charge is 0.391 e. The molecule has 161 valence electrons. The second-order valence-corrected chi connectivity index (χ2v) is 10.1. The zero-order valence-electron chi connectivity index (χ0n) is 16.7. The third-order valence-corrected chi connectivity index (χ3v) is 7.08. The van der Waals surface area contributed by atoms with E-state index in [2.05, 4.69) is 0 Å². The van der Waals surface area contributed by atoms with Crippen molar-refractivity contribution in [2.75, 3.05) is 6.29 Å². The molecule has 0 saturated heterocycles. The Balaban J connectivity index is 0.00000289. The molecule has 0 fully saturated rings. The summed E-state index contributed by atoms with van der Waals surface area (Å²) in [5.41, 5.74) is 0.747. The summed E-state index contributed by atoms with van der Waals surface area (Å²) in [6, 6.07) is 16.0. The predicted octanol–water partition coefficient (Wildman–Crippen LogP) is 3.61. The fourth-order valence-corrected chi connectivity index (χ4v) is 5.47. The molecule has 3 aromatic carbocycles. The molecule has 1 atom stereocenters. The van der Waals surface area contributed by atoms with Gasteiger partial charge in [0, 0.05) is 58.5 Å². The fraction of sp³-hybridized carbons (Fsp3) is 0.0526. The van der Waals surface area contributed by atoms with Gasteiger partial charge in [-0.05, 0) is 30.3 Å². The summed E-state index contributed by atoms with van der Waals surface area (Å²) in [6.45, 7) is 0. The number of nitro benzene ring substituents is 1. The number of nitrogens with one attached hydrogen (secondary N) is 1. The van der Waals surface area contributed by atoms with E-state index in [0.29, 0.717) is 11.2 Å². The van der Waals surface area contributed by atoms with Crippen LogP contribution in [-0.2, 0) is 14.6 Å². The topological polar surface area (TPSA) is 149 Å². The van der Waals surface area contributed by atoms with Gasteiger partial charge in [-0.2, -0.15) is 4.72 Å². The third kappa shape index (κ3) is 5.21. The van der Waals surface area contributed by atoms with Gasteiger partial charge in [-0.3, -0.25) is 10.1 Å². The molecule has 1 aromatic heterocycles. The first-order chi connectivity index (χ1) is 14.6. The molecule has 2 N–H and O–H groups in total. The minimum atomic E-state index is -4.43. The van der Waals surface area contributed by atoms with Crippen LogP contribution in [0.1, 0.15) is 0 Å². The largest absolute Gasteiger partial charge is 0.456 e. The third-order valence-electron chi connectivity index (χ3n) is 4.41. The number of fused-ring (bicyclic) bond motifs is 3. The van der Waals surface area contributed by atoms with E-state index in [-0.39, 0.29) is 45.9 Å². The Morgan fingerprint density at radius 2 is 1.69 bits per heavy atom. The Hall–Kier alpha value is -2.24. The van der Waals surface area contributed by atoms with E-state index in [0.717, 1.165) is 35.0 Å². The summed E-state index contributed by atoms with van der Waals surface area (Å²) in [7, 11) is -8.57. The van der Waals surface area contributed by atoms with Crippen molar-refractivity contribution in [3.05, 3.63) is 76.8 Å².